The molecular formula is C15H19ClN2O2S. The summed E-state index contributed by atoms with van der Waals surface area (Å²) in [5.41, 5.74) is 6.16. The number of nitrogens with two attached hydrogens (primary N) is 1. The summed E-state index contributed by atoms with van der Waals surface area (Å²) in [5.74, 6) is 0.441. The normalized spacial score (nSPS) is 16.4. The van der Waals surface area contributed by atoms with E-state index in [9.17, 15) is 4.79 Å². The van der Waals surface area contributed by atoms with Gasteiger partial charge in [-0.3, -0.25) is 4.79 Å². The van der Waals surface area contributed by atoms with Gasteiger partial charge in [0.2, 0.25) is 0 Å². The average molecular weight is 327 g/mol. The van der Waals surface area contributed by atoms with E-state index in [1.807, 2.05) is 4.90 Å². The molecule has 0 aliphatic carbocycles. The van der Waals surface area contributed by atoms with Crippen LogP contribution in [-0.2, 0) is 4.79 Å². The number of piperidine rings is 1. The number of hydrogen-bond acceptors (Lipinski definition) is 3. The first-order valence-corrected chi connectivity index (χ1v) is 7.83. The lowest BCUT2D eigenvalue weighted by atomic mass is 10.1. The molecule has 1 aliphatic rings. The highest BCUT2D eigenvalue weighted by Gasteiger charge is 2.24. The van der Waals surface area contributed by atoms with Crippen LogP contribution in [0.4, 0.5) is 0 Å². The van der Waals surface area contributed by atoms with Crippen molar-refractivity contribution >= 4 is 34.7 Å². The highest BCUT2D eigenvalue weighted by molar-refractivity contribution is 7.80. The topological polar surface area (TPSA) is 55.6 Å². The predicted molar refractivity (Wildman–Crippen MR) is 87.9 cm³/mol. The first kappa shape index (κ1) is 16.0. The zero-order valence-electron chi connectivity index (χ0n) is 12.0. The third kappa shape index (κ3) is 3.86. The van der Waals surface area contributed by atoms with E-state index in [1.54, 1.807) is 25.1 Å². The van der Waals surface area contributed by atoms with Gasteiger partial charge in [0.15, 0.2) is 6.10 Å². The minimum absolute atomic E-state index is 0.0106. The van der Waals surface area contributed by atoms with E-state index in [2.05, 4.69) is 0 Å². The molecule has 0 aromatic heterocycles. The first-order chi connectivity index (χ1) is 10.0. The van der Waals surface area contributed by atoms with E-state index < -0.39 is 6.10 Å². The van der Waals surface area contributed by atoms with E-state index in [-0.39, 0.29) is 10.9 Å². The van der Waals surface area contributed by atoms with Crippen molar-refractivity contribution in [3.63, 3.8) is 0 Å². The Hall–Kier alpha value is -1.33. The highest BCUT2D eigenvalue weighted by Crippen LogP contribution is 2.27. The van der Waals surface area contributed by atoms with Crippen molar-refractivity contribution in [2.45, 2.75) is 32.3 Å². The van der Waals surface area contributed by atoms with Gasteiger partial charge in [0.05, 0.1) is 10.6 Å². The molecule has 6 heteroatoms. The van der Waals surface area contributed by atoms with Gasteiger partial charge in [-0.25, -0.2) is 0 Å². The Bertz CT molecular complexity index is 544. The van der Waals surface area contributed by atoms with E-state index in [0.717, 1.165) is 25.9 Å². The van der Waals surface area contributed by atoms with Gasteiger partial charge in [0, 0.05) is 13.1 Å². The second-order valence-corrected chi connectivity index (χ2v) is 5.97. The van der Waals surface area contributed by atoms with E-state index in [0.29, 0.717) is 16.3 Å². The number of halogens is 1. The summed E-state index contributed by atoms with van der Waals surface area (Å²) < 4.78 is 5.76. The van der Waals surface area contributed by atoms with Crippen molar-refractivity contribution in [2.75, 3.05) is 13.1 Å². The highest BCUT2D eigenvalue weighted by atomic mass is 35.5. The van der Waals surface area contributed by atoms with E-state index in [4.69, 9.17) is 34.3 Å². The van der Waals surface area contributed by atoms with Gasteiger partial charge in [0.25, 0.3) is 5.91 Å². The van der Waals surface area contributed by atoms with Gasteiger partial charge < -0.3 is 15.4 Å². The van der Waals surface area contributed by atoms with Crippen LogP contribution in [-0.4, -0.2) is 35.0 Å². The van der Waals surface area contributed by atoms with Crippen LogP contribution in [0.25, 0.3) is 0 Å². The molecule has 0 radical (unpaired) electrons. The van der Waals surface area contributed by atoms with E-state index >= 15 is 0 Å². The predicted octanol–water partition coefficient (Wildman–Crippen LogP) is 2.75. The number of carbonyl (C=O) groups excluding carboxylic acids is 1. The smallest absolute Gasteiger partial charge is 0.263 e. The van der Waals surface area contributed by atoms with Gasteiger partial charge in [-0.15, -0.1) is 0 Å². The molecule has 1 aliphatic heterocycles. The lowest BCUT2D eigenvalue weighted by Crippen LogP contribution is -2.43. The SMILES string of the molecule is CC(Oc1cccc(Cl)c1C(N)=S)C(=O)N1CCCCC1. The van der Waals surface area contributed by atoms with Crippen molar-refractivity contribution in [2.24, 2.45) is 5.73 Å². The van der Waals surface area contributed by atoms with Gasteiger partial charge >= 0.3 is 0 Å². The number of thiocarbonyl (C=S) groups is 1. The molecule has 0 saturated carbocycles. The molecule has 0 bridgehead atoms. The third-order valence-corrected chi connectivity index (χ3v) is 4.06. The number of benzene rings is 1. The molecular weight excluding hydrogens is 308 g/mol. The first-order valence-electron chi connectivity index (χ1n) is 7.04. The number of nitrogens with zero attached hydrogens (tertiary/aromatic N) is 1. The number of carbonyl (C=O) groups is 1. The minimum atomic E-state index is -0.588. The van der Waals surface area contributed by atoms with Crippen LogP contribution in [0.1, 0.15) is 31.7 Å². The summed E-state index contributed by atoms with van der Waals surface area (Å²) in [6, 6.07) is 5.16. The van der Waals surface area contributed by atoms with Crippen LogP contribution < -0.4 is 10.5 Å². The third-order valence-electron chi connectivity index (χ3n) is 3.54. The minimum Gasteiger partial charge on any atom is -0.480 e. The maximum atomic E-state index is 12.4. The zero-order chi connectivity index (χ0) is 15.4. The number of rotatable bonds is 4. The number of amides is 1. The number of likely N-dealkylation sites (tertiary alicyclic amines) is 1. The Labute approximate surface area is 135 Å². The number of ether oxygens (including phenoxy) is 1. The van der Waals surface area contributed by atoms with Gasteiger partial charge in [-0.2, -0.15) is 0 Å². The molecule has 1 amide bonds. The molecule has 1 saturated heterocycles. The molecule has 1 unspecified atom stereocenters. The van der Waals surface area contributed by atoms with Crippen LogP contribution >= 0.6 is 23.8 Å². The van der Waals surface area contributed by atoms with Crippen molar-refractivity contribution in [1.82, 2.24) is 4.90 Å². The second kappa shape index (κ2) is 7.09. The summed E-state index contributed by atoms with van der Waals surface area (Å²) in [4.78, 5) is 14.4. The molecule has 2 N–H and O–H groups in total. The summed E-state index contributed by atoms with van der Waals surface area (Å²) >= 11 is 11.1. The lowest BCUT2D eigenvalue weighted by molar-refractivity contribution is -0.138. The summed E-state index contributed by atoms with van der Waals surface area (Å²) in [7, 11) is 0. The van der Waals surface area contributed by atoms with Crippen LogP contribution in [0.2, 0.25) is 5.02 Å². The fraction of sp³-hybridized carbons (Fsp3) is 0.467. The van der Waals surface area contributed by atoms with Gasteiger partial charge in [0.1, 0.15) is 10.7 Å². The summed E-state index contributed by atoms with van der Waals surface area (Å²) in [5, 5.41) is 0.428. The second-order valence-electron chi connectivity index (χ2n) is 5.12. The molecule has 1 fully saturated rings. The maximum absolute atomic E-state index is 12.4. The Morgan fingerprint density at radius 2 is 2.05 bits per heavy atom. The Balaban J connectivity index is 2.12. The molecule has 21 heavy (non-hydrogen) atoms. The van der Waals surface area contributed by atoms with Crippen molar-refractivity contribution in [3.8, 4) is 5.75 Å². The van der Waals surface area contributed by atoms with Crippen LogP contribution in [0.3, 0.4) is 0 Å². The number of hydrogen-bond donors (Lipinski definition) is 1. The monoisotopic (exact) mass is 326 g/mol. The summed E-state index contributed by atoms with van der Waals surface area (Å²) in [6.07, 6.45) is 2.69. The Kier molecular flexibility index (Phi) is 5.42. The fourth-order valence-corrected chi connectivity index (χ4v) is 2.99. The zero-order valence-corrected chi connectivity index (χ0v) is 13.5. The van der Waals surface area contributed by atoms with Gasteiger partial charge in [-0.05, 0) is 38.3 Å². The van der Waals surface area contributed by atoms with Crippen LogP contribution in [0.5, 0.6) is 5.75 Å². The maximum Gasteiger partial charge on any atom is 0.263 e. The molecule has 114 valence electrons. The van der Waals surface area contributed by atoms with Crippen molar-refractivity contribution in [1.29, 1.82) is 0 Å². The molecule has 1 atom stereocenters. The standard InChI is InChI=1S/C15H19ClN2O2S/c1-10(15(19)18-8-3-2-4-9-18)20-12-7-5-6-11(16)13(12)14(17)21/h5-7,10H,2-4,8-9H2,1H3,(H2,17,21). The van der Waals surface area contributed by atoms with Crippen molar-refractivity contribution < 1.29 is 9.53 Å². The molecule has 0 spiro atoms. The Morgan fingerprint density at radius 3 is 2.67 bits per heavy atom. The van der Waals surface area contributed by atoms with Crippen LogP contribution in [0.15, 0.2) is 18.2 Å². The lowest BCUT2D eigenvalue weighted by Gasteiger charge is -2.29. The molecule has 1 aromatic rings. The molecule has 4 nitrogen and oxygen atoms in total. The van der Waals surface area contributed by atoms with Crippen LogP contribution in [0, 0.1) is 0 Å². The van der Waals surface area contributed by atoms with Gasteiger partial charge in [-0.1, -0.05) is 29.9 Å². The largest absolute Gasteiger partial charge is 0.480 e. The molecule has 2 rings (SSSR count). The van der Waals surface area contributed by atoms with E-state index in [1.165, 1.54) is 6.42 Å². The van der Waals surface area contributed by atoms with Crippen molar-refractivity contribution in [3.05, 3.63) is 28.8 Å². The average Bonchev–Trinajstić information content (AvgIpc) is 2.47. The summed E-state index contributed by atoms with van der Waals surface area (Å²) in [6.45, 7) is 3.33. The quantitative estimate of drug-likeness (QED) is 0.864. The molecule has 1 aromatic carbocycles. The fourth-order valence-electron chi connectivity index (χ4n) is 2.45. The molecule has 1 heterocycles. The Morgan fingerprint density at radius 1 is 1.38 bits per heavy atom.